The van der Waals surface area contributed by atoms with Gasteiger partial charge in [-0.3, -0.25) is 20.2 Å². The van der Waals surface area contributed by atoms with Crippen LogP contribution in [0.3, 0.4) is 0 Å². The number of hydrogen-bond donors (Lipinski definition) is 0. The third kappa shape index (κ3) is 2.90. The first-order valence-corrected chi connectivity index (χ1v) is 3.89. The Morgan fingerprint density at radius 2 is 1.82 bits per heavy atom. The molecule has 0 N–H and O–H groups in total. The third-order valence-electron chi connectivity index (χ3n) is 1.60. The summed E-state index contributed by atoms with van der Waals surface area (Å²) in [7, 11) is 0. The Morgan fingerprint density at radius 3 is 2.06 bits per heavy atom. The number of hydrogen-bond acceptors (Lipinski definition) is 7. The number of carbonyl (C=O) groups excluding carboxylic acids is 1. The molecule has 0 fully saturated rings. The van der Waals surface area contributed by atoms with Crippen molar-refractivity contribution in [3.05, 3.63) is 32.4 Å². The minimum atomic E-state index is -4.02. The van der Waals surface area contributed by atoms with E-state index in [-0.39, 0.29) is 5.57 Å². The SMILES string of the molecule is C=C(C)C(=O)OCC(N(F)F)([N+](=O)[O-])[N+](=O)[O-]. The maximum Gasteiger partial charge on any atom is 0.608 e. The molecule has 0 aromatic carbocycles. The van der Waals surface area contributed by atoms with Gasteiger partial charge in [-0.05, 0) is 6.92 Å². The largest absolute Gasteiger partial charge is 0.608 e. The number of rotatable bonds is 6. The van der Waals surface area contributed by atoms with Gasteiger partial charge >= 0.3 is 11.8 Å². The summed E-state index contributed by atoms with van der Waals surface area (Å²) >= 11 is 0. The highest BCUT2D eigenvalue weighted by molar-refractivity contribution is 5.86. The summed E-state index contributed by atoms with van der Waals surface area (Å²) in [4.78, 5) is 27.7. The van der Waals surface area contributed by atoms with E-state index in [0.29, 0.717) is 0 Å². The van der Waals surface area contributed by atoms with E-state index in [1.165, 1.54) is 0 Å². The summed E-state index contributed by atoms with van der Waals surface area (Å²) in [6.45, 7) is 2.47. The fourth-order valence-corrected chi connectivity index (χ4v) is 0.630. The number of halogens is 2. The Morgan fingerprint density at radius 1 is 1.41 bits per heavy atom. The molecule has 0 aliphatic heterocycles. The molecule has 0 aliphatic carbocycles. The van der Waals surface area contributed by atoms with E-state index in [1.807, 2.05) is 0 Å². The van der Waals surface area contributed by atoms with Crippen LogP contribution in [0.5, 0.6) is 0 Å². The van der Waals surface area contributed by atoms with E-state index in [1.54, 1.807) is 0 Å². The predicted molar refractivity (Wildman–Crippen MR) is 46.5 cm³/mol. The van der Waals surface area contributed by atoms with Crippen molar-refractivity contribution in [3.63, 3.8) is 0 Å². The molecule has 0 saturated heterocycles. The van der Waals surface area contributed by atoms with Gasteiger partial charge in [0.05, 0.1) is 0 Å². The second-order valence-electron chi connectivity index (χ2n) is 2.88. The van der Waals surface area contributed by atoms with Gasteiger partial charge in [0, 0.05) is 5.57 Å². The molecule has 96 valence electrons. The smallest absolute Gasteiger partial charge is 0.444 e. The lowest BCUT2D eigenvalue weighted by molar-refractivity contribution is -0.849. The highest BCUT2D eigenvalue weighted by Crippen LogP contribution is 2.19. The van der Waals surface area contributed by atoms with Gasteiger partial charge in [-0.15, -0.1) is 0 Å². The van der Waals surface area contributed by atoms with E-state index in [9.17, 15) is 34.0 Å². The van der Waals surface area contributed by atoms with Crippen LogP contribution in [-0.4, -0.2) is 33.6 Å². The van der Waals surface area contributed by atoms with Crippen LogP contribution in [0.15, 0.2) is 12.2 Å². The Balaban J connectivity index is 5.08. The zero-order chi connectivity index (χ0) is 13.8. The molecule has 0 atom stereocenters. The third-order valence-corrected chi connectivity index (χ3v) is 1.60. The standard InChI is InChI=1S/C6H7F2N3O6/c1-4(2)5(12)17-3-6(9(7)8,10(13)14)11(15)16/h1,3H2,2H3. The summed E-state index contributed by atoms with van der Waals surface area (Å²) < 4.78 is 28.5. The summed E-state index contributed by atoms with van der Waals surface area (Å²) in [5, 5.41) is 18.4. The minimum absolute atomic E-state index is 0.241. The molecular weight excluding hydrogens is 248 g/mol. The zero-order valence-corrected chi connectivity index (χ0v) is 8.46. The van der Waals surface area contributed by atoms with Crippen molar-refractivity contribution in [3.8, 4) is 0 Å². The molecule has 17 heavy (non-hydrogen) atoms. The highest BCUT2D eigenvalue weighted by Gasteiger charge is 2.67. The minimum Gasteiger partial charge on any atom is -0.444 e. The molecule has 0 unspecified atom stereocenters. The van der Waals surface area contributed by atoms with Crippen LogP contribution >= 0.6 is 0 Å². The molecule has 0 aromatic rings. The predicted octanol–water partition coefficient (Wildman–Crippen LogP) is 0.384. The average molecular weight is 255 g/mol. The highest BCUT2D eigenvalue weighted by atomic mass is 19.4. The Labute approximate surface area is 92.4 Å². The summed E-state index contributed by atoms with van der Waals surface area (Å²) in [5.41, 5.74) is -0.241. The molecular formula is C6H7F2N3O6. The van der Waals surface area contributed by atoms with Crippen molar-refractivity contribution in [1.29, 1.82) is 0 Å². The van der Waals surface area contributed by atoms with Crippen molar-refractivity contribution in [2.45, 2.75) is 12.7 Å². The molecule has 0 aromatic heterocycles. The molecule has 0 bridgehead atoms. The van der Waals surface area contributed by atoms with Gasteiger partial charge < -0.3 is 4.74 Å². The molecule has 0 spiro atoms. The fourth-order valence-electron chi connectivity index (χ4n) is 0.630. The number of nitro groups is 2. The van der Waals surface area contributed by atoms with Crippen LogP contribution in [0, 0.1) is 20.2 Å². The monoisotopic (exact) mass is 255 g/mol. The Kier molecular flexibility index (Phi) is 4.58. The maximum atomic E-state index is 12.2. The summed E-state index contributed by atoms with van der Waals surface area (Å²) in [6, 6.07) is 0. The second kappa shape index (κ2) is 5.25. The fraction of sp³-hybridized carbons (Fsp3) is 0.500. The lowest BCUT2D eigenvalue weighted by Crippen LogP contribution is -2.58. The van der Waals surface area contributed by atoms with E-state index >= 15 is 0 Å². The van der Waals surface area contributed by atoms with Gasteiger partial charge in [-0.25, -0.2) is 4.79 Å². The van der Waals surface area contributed by atoms with E-state index < -0.39 is 33.6 Å². The lowest BCUT2D eigenvalue weighted by Gasteiger charge is -2.15. The topological polar surface area (TPSA) is 116 Å². The first-order chi connectivity index (χ1) is 7.66. The van der Waals surface area contributed by atoms with Crippen molar-refractivity contribution >= 4 is 5.97 Å². The van der Waals surface area contributed by atoms with Crippen LogP contribution in [0.1, 0.15) is 6.92 Å². The average Bonchev–Trinajstić information content (AvgIpc) is 2.16. The van der Waals surface area contributed by atoms with E-state index in [0.717, 1.165) is 6.92 Å². The Bertz CT molecular complexity index is 357. The lowest BCUT2D eigenvalue weighted by atomic mass is 10.3. The van der Waals surface area contributed by atoms with E-state index in [4.69, 9.17) is 0 Å². The molecule has 11 heteroatoms. The van der Waals surface area contributed by atoms with Crippen molar-refractivity contribution in [2.24, 2.45) is 0 Å². The summed E-state index contributed by atoms with van der Waals surface area (Å²) in [6.07, 6.45) is 0. The van der Waals surface area contributed by atoms with Crippen molar-refractivity contribution in [2.75, 3.05) is 6.61 Å². The van der Waals surface area contributed by atoms with Gasteiger partial charge in [0.1, 0.15) is 9.85 Å². The quantitative estimate of drug-likeness (QED) is 0.168. The molecule has 0 amide bonds. The van der Waals surface area contributed by atoms with Gasteiger partial charge in [0.15, 0.2) is 5.34 Å². The molecule has 0 saturated carbocycles. The summed E-state index contributed by atoms with van der Waals surface area (Å²) in [5.74, 6) is -5.27. The van der Waals surface area contributed by atoms with Gasteiger partial charge in [-0.1, -0.05) is 15.5 Å². The molecule has 0 radical (unpaired) electrons. The van der Waals surface area contributed by atoms with Gasteiger partial charge in [0.25, 0.3) is 6.61 Å². The van der Waals surface area contributed by atoms with Crippen molar-refractivity contribution in [1.82, 2.24) is 5.34 Å². The van der Waals surface area contributed by atoms with Crippen LogP contribution in [-0.2, 0) is 9.53 Å². The van der Waals surface area contributed by atoms with Gasteiger partial charge in [0.2, 0.25) is 0 Å². The normalized spacial score (nSPS) is 11.1. The zero-order valence-electron chi connectivity index (χ0n) is 8.46. The molecule has 0 heterocycles. The number of ether oxygens (including phenoxy) is 1. The first kappa shape index (κ1) is 14.8. The van der Waals surface area contributed by atoms with Crippen LogP contribution in [0.4, 0.5) is 8.96 Å². The van der Waals surface area contributed by atoms with Crippen LogP contribution < -0.4 is 0 Å². The maximum absolute atomic E-state index is 12.2. The molecule has 0 aliphatic rings. The van der Waals surface area contributed by atoms with Gasteiger partial charge in [-0.2, -0.15) is 0 Å². The molecule has 0 rings (SSSR count). The van der Waals surface area contributed by atoms with Crippen LogP contribution in [0.2, 0.25) is 0 Å². The van der Waals surface area contributed by atoms with Crippen LogP contribution in [0.25, 0.3) is 0 Å². The van der Waals surface area contributed by atoms with Crippen molar-refractivity contribution < 1.29 is 28.3 Å². The van der Waals surface area contributed by atoms with E-state index in [2.05, 4.69) is 11.3 Å². The first-order valence-electron chi connectivity index (χ1n) is 3.89. The number of esters is 1. The Hall–Kier alpha value is -2.17. The molecule has 9 nitrogen and oxygen atoms in total. The second-order valence-corrected chi connectivity index (χ2v) is 2.88. The number of nitrogens with zero attached hydrogens (tertiary/aromatic N) is 3. The number of carbonyl (C=O) groups is 1.